The van der Waals surface area contributed by atoms with Crippen molar-refractivity contribution in [3.8, 4) is 0 Å². The molecule has 3 N–H and O–H groups in total. The predicted molar refractivity (Wildman–Crippen MR) is 63.1 cm³/mol. The van der Waals surface area contributed by atoms with E-state index in [0.29, 0.717) is 12.6 Å². The van der Waals surface area contributed by atoms with Gasteiger partial charge < -0.3 is 15.5 Å². The molecule has 3 rings (SSSR count). The largest absolute Gasteiger partial charge is 0.326 e. The zero-order chi connectivity index (χ0) is 11.0. The number of hydrogen-bond donors (Lipinski definition) is 2. The summed E-state index contributed by atoms with van der Waals surface area (Å²) in [6.45, 7) is 1.66. The van der Waals surface area contributed by atoms with Crippen LogP contribution in [-0.4, -0.2) is 15.9 Å². The lowest BCUT2D eigenvalue weighted by atomic mass is 10.2. The standard InChI is InChI=1S/C12H16N4/c13-7-9-3-2-6-16-11(9)8-15-12(16)10-4-1-5-14-10/h2-3,6,8,10,14H,1,4-5,7,13H2. The van der Waals surface area contributed by atoms with Gasteiger partial charge in [-0.2, -0.15) is 0 Å². The number of nitrogens with zero attached hydrogens (tertiary/aromatic N) is 2. The summed E-state index contributed by atoms with van der Waals surface area (Å²) in [5, 5.41) is 3.47. The average molecular weight is 216 g/mol. The molecule has 1 unspecified atom stereocenters. The molecule has 16 heavy (non-hydrogen) atoms. The Morgan fingerprint density at radius 3 is 3.25 bits per heavy atom. The van der Waals surface area contributed by atoms with Gasteiger partial charge in [0.05, 0.1) is 17.8 Å². The normalized spacial score (nSPS) is 20.7. The topological polar surface area (TPSA) is 55.4 Å². The van der Waals surface area contributed by atoms with Gasteiger partial charge in [-0.25, -0.2) is 4.98 Å². The third kappa shape index (κ3) is 1.42. The zero-order valence-electron chi connectivity index (χ0n) is 9.19. The van der Waals surface area contributed by atoms with Gasteiger partial charge in [0.25, 0.3) is 0 Å². The molecule has 1 fully saturated rings. The Labute approximate surface area is 94.5 Å². The molecule has 0 radical (unpaired) electrons. The first-order valence-corrected chi connectivity index (χ1v) is 5.78. The lowest BCUT2D eigenvalue weighted by Crippen LogP contribution is -2.15. The first-order valence-electron chi connectivity index (χ1n) is 5.78. The number of fused-ring (bicyclic) bond motifs is 1. The Kier molecular flexibility index (Phi) is 2.38. The molecule has 1 aliphatic rings. The summed E-state index contributed by atoms with van der Waals surface area (Å²) in [5.41, 5.74) is 8.01. The SMILES string of the molecule is NCc1cccn2c(C3CCCN3)ncc12. The minimum atomic E-state index is 0.399. The summed E-state index contributed by atoms with van der Waals surface area (Å²) in [4.78, 5) is 4.53. The molecular weight excluding hydrogens is 200 g/mol. The lowest BCUT2D eigenvalue weighted by Gasteiger charge is -2.09. The van der Waals surface area contributed by atoms with Crippen LogP contribution >= 0.6 is 0 Å². The quantitative estimate of drug-likeness (QED) is 0.793. The molecule has 1 atom stereocenters. The number of imidazole rings is 1. The first kappa shape index (κ1) is 9.81. The molecule has 0 amide bonds. The van der Waals surface area contributed by atoms with Gasteiger partial charge in [-0.3, -0.25) is 0 Å². The maximum absolute atomic E-state index is 5.72. The highest BCUT2D eigenvalue weighted by Gasteiger charge is 2.20. The van der Waals surface area contributed by atoms with E-state index in [2.05, 4.69) is 27.0 Å². The van der Waals surface area contributed by atoms with Crippen LogP contribution in [0.25, 0.3) is 5.52 Å². The van der Waals surface area contributed by atoms with Gasteiger partial charge in [0, 0.05) is 12.7 Å². The van der Waals surface area contributed by atoms with E-state index in [0.717, 1.165) is 23.4 Å². The van der Waals surface area contributed by atoms with Gasteiger partial charge >= 0.3 is 0 Å². The second kappa shape index (κ2) is 3.88. The molecule has 4 nitrogen and oxygen atoms in total. The van der Waals surface area contributed by atoms with Crippen LogP contribution in [0.3, 0.4) is 0 Å². The molecule has 3 heterocycles. The molecular formula is C12H16N4. The highest BCUT2D eigenvalue weighted by atomic mass is 15.1. The van der Waals surface area contributed by atoms with Gasteiger partial charge in [-0.15, -0.1) is 0 Å². The second-order valence-electron chi connectivity index (χ2n) is 4.26. The molecule has 2 aromatic heterocycles. The Morgan fingerprint density at radius 2 is 2.50 bits per heavy atom. The Bertz CT molecular complexity index is 497. The van der Waals surface area contributed by atoms with E-state index in [4.69, 9.17) is 5.73 Å². The van der Waals surface area contributed by atoms with Crippen molar-refractivity contribution in [2.24, 2.45) is 5.73 Å². The Morgan fingerprint density at radius 1 is 1.56 bits per heavy atom. The van der Waals surface area contributed by atoms with Crippen molar-refractivity contribution in [3.63, 3.8) is 0 Å². The van der Waals surface area contributed by atoms with Crippen molar-refractivity contribution in [1.29, 1.82) is 0 Å². The molecule has 84 valence electrons. The molecule has 0 aromatic carbocycles. The smallest absolute Gasteiger partial charge is 0.130 e. The summed E-state index contributed by atoms with van der Waals surface area (Å²) < 4.78 is 2.16. The number of rotatable bonds is 2. The van der Waals surface area contributed by atoms with Crippen LogP contribution in [0.4, 0.5) is 0 Å². The molecule has 4 heteroatoms. The molecule has 0 aliphatic carbocycles. The molecule has 1 saturated heterocycles. The molecule has 2 aromatic rings. The number of nitrogens with two attached hydrogens (primary N) is 1. The third-order valence-electron chi connectivity index (χ3n) is 3.28. The first-order chi connectivity index (χ1) is 7.90. The summed E-state index contributed by atoms with van der Waals surface area (Å²) >= 11 is 0. The maximum atomic E-state index is 5.72. The van der Waals surface area contributed by atoms with Crippen molar-refractivity contribution < 1.29 is 0 Å². The van der Waals surface area contributed by atoms with E-state index in [1.807, 2.05) is 12.3 Å². The minimum Gasteiger partial charge on any atom is -0.326 e. The van der Waals surface area contributed by atoms with Crippen molar-refractivity contribution >= 4 is 5.52 Å². The van der Waals surface area contributed by atoms with E-state index in [9.17, 15) is 0 Å². The van der Waals surface area contributed by atoms with E-state index >= 15 is 0 Å². The zero-order valence-corrected chi connectivity index (χ0v) is 9.19. The average Bonchev–Trinajstić information content (AvgIpc) is 2.96. The van der Waals surface area contributed by atoms with Crippen LogP contribution in [0.15, 0.2) is 24.5 Å². The van der Waals surface area contributed by atoms with Crippen molar-refractivity contribution in [2.75, 3.05) is 6.54 Å². The molecule has 0 bridgehead atoms. The summed E-state index contributed by atoms with van der Waals surface area (Å²) in [6, 6.07) is 4.49. The van der Waals surface area contributed by atoms with E-state index in [1.54, 1.807) is 0 Å². The van der Waals surface area contributed by atoms with Crippen LogP contribution < -0.4 is 11.1 Å². The number of aromatic nitrogens is 2. The van der Waals surface area contributed by atoms with Crippen LogP contribution in [-0.2, 0) is 6.54 Å². The number of nitrogens with one attached hydrogen (secondary N) is 1. The van der Waals surface area contributed by atoms with Gasteiger partial charge in [0.1, 0.15) is 5.82 Å². The fourth-order valence-electron chi connectivity index (χ4n) is 2.44. The summed E-state index contributed by atoms with van der Waals surface area (Å²) in [7, 11) is 0. The van der Waals surface area contributed by atoms with E-state index in [1.165, 1.54) is 12.8 Å². The molecule has 0 saturated carbocycles. The highest BCUT2D eigenvalue weighted by molar-refractivity contribution is 5.54. The van der Waals surface area contributed by atoms with Gasteiger partial charge in [-0.05, 0) is 31.0 Å². The van der Waals surface area contributed by atoms with Crippen molar-refractivity contribution in [1.82, 2.24) is 14.7 Å². The number of pyridine rings is 1. The fourth-order valence-corrected chi connectivity index (χ4v) is 2.44. The molecule has 1 aliphatic heterocycles. The van der Waals surface area contributed by atoms with Crippen LogP contribution in [0.1, 0.15) is 30.3 Å². The second-order valence-corrected chi connectivity index (χ2v) is 4.26. The monoisotopic (exact) mass is 216 g/mol. The molecule has 0 spiro atoms. The van der Waals surface area contributed by atoms with Gasteiger partial charge in [0.15, 0.2) is 0 Å². The lowest BCUT2D eigenvalue weighted by molar-refractivity contribution is 0.602. The van der Waals surface area contributed by atoms with Crippen LogP contribution in [0.5, 0.6) is 0 Å². The highest BCUT2D eigenvalue weighted by Crippen LogP contribution is 2.23. The van der Waals surface area contributed by atoms with Gasteiger partial charge in [-0.1, -0.05) is 6.07 Å². The summed E-state index contributed by atoms with van der Waals surface area (Å²) in [5.74, 6) is 1.11. The predicted octanol–water partition coefficient (Wildman–Crippen LogP) is 1.22. The van der Waals surface area contributed by atoms with Crippen molar-refractivity contribution in [2.45, 2.75) is 25.4 Å². The third-order valence-corrected chi connectivity index (χ3v) is 3.28. The summed E-state index contributed by atoms with van der Waals surface area (Å²) in [6.07, 6.45) is 6.40. The van der Waals surface area contributed by atoms with Gasteiger partial charge in [0.2, 0.25) is 0 Å². The Hall–Kier alpha value is -1.39. The van der Waals surface area contributed by atoms with Crippen molar-refractivity contribution in [3.05, 3.63) is 35.9 Å². The van der Waals surface area contributed by atoms with Crippen LogP contribution in [0.2, 0.25) is 0 Å². The Balaban J connectivity index is 2.12. The fraction of sp³-hybridized carbons (Fsp3) is 0.417. The van der Waals surface area contributed by atoms with Crippen LogP contribution in [0, 0.1) is 0 Å². The minimum absolute atomic E-state index is 0.399. The van der Waals surface area contributed by atoms with E-state index in [-0.39, 0.29) is 0 Å². The van der Waals surface area contributed by atoms with E-state index < -0.39 is 0 Å². The number of hydrogen-bond acceptors (Lipinski definition) is 3. The maximum Gasteiger partial charge on any atom is 0.130 e.